The Morgan fingerprint density at radius 2 is 2.04 bits per heavy atom. The minimum atomic E-state index is -0.0932. The van der Waals surface area contributed by atoms with Crippen molar-refractivity contribution in [1.82, 2.24) is 20.3 Å². The molecule has 0 radical (unpaired) electrons. The van der Waals surface area contributed by atoms with Crippen molar-refractivity contribution < 1.29 is 4.79 Å². The molecule has 25 heavy (non-hydrogen) atoms. The molecule has 3 rings (SSSR count). The first-order valence-corrected chi connectivity index (χ1v) is 8.98. The number of carbonyl (C=O) groups is 1. The normalized spacial score (nSPS) is 10.6. The third kappa shape index (κ3) is 4.42. The van der Waals surface area contributed by atoms with Crippen molar-refractivity contribution in [2.75, 3.05) is 30.3 Å². The van der Waals surface area contributed by atoms with Crippen LogP contribution >= 0.6 is 11.3 Å². The molecule has 0 aliphatic rings. The van der Waals surface area contributed by atoms with Crippen LogP contribution in [0.4, 0.5) is 11.8 Å². The zero-order valence-electron chi connectivity index (χ0n) is 14.2. The quantitative estimate of drug-likeness (QED) is 0.564. The smallest absolute Gasteiger partial charge is 0.251 e. The average molecular weight is 356 g/mol. The van der Waals surface area contributed by atoms with Crippen molar-refractivity contribution in [3.8, 4) is 0 Å². The number of aryl methyl sites for hydroxylation is 1. The number of amides is 1. The molecule has 8 heteroatoms. The van der Waals surface area contributed by atoms with E-state index in [1.165, 1.54) is 11.3 Å². The number of thiazole rings is 1. The molecule has 0 spiro atoms. The zero-order valence-corrected chi connectivity index (χ0v) is 15.0. The largest absolute Gasteiger partial charge is 0.368 e. The Bertz CT molecular complexity index is 878. The SMILES string of the molecule is CCNc1nc(C)cc(NCCNC(=O)c2ccc3ncsc3c2)n1. The summed E-state index contributed by atoms with van der Waals surface area (Å²) in [7, 11) is 0. The molecule has 0 saturated heterocycles. The Balaban J connectivity index is 1.51. The molecule has 3 aromatic rings. The van der Waals surface area contributed by atoms with E-state index in [-0.39, 0.29) is 5.91 Å². The predicted molar refractivity (Wildman–Crippen MR) is 101 cm³/mol. The average Bonchev–Trinajstić information content (AvgIpc) is 3.06. The van der Waals surface area contributed by atoms with Gasteiger partial charge in [0.2, 0.25) is 5.95 Å². The van der Waals surface area contributed by atoms with Crippen molar-refractivity contribution in [2.45, 2.75) is 13.8 Å². The van der Waals surface area contributed by atoms with E-state index >= 15 is 0 Å². The summed E-state index contributed by atoms with van der Waals surface area (Å²) in [6.07, 6.45) is 0. The maximum Gasteiger partial charge on any atom is 0.251 e. The summed E-state index contributed by atoms with van der Waals surface area (Å²) in [5.41, 5.74) is 4.22. The van der Waals surface area contributed by atoms with Crippen LogP contribution in [-0.2, 0) is 0 Å². The van der Waals surface area contributed by atoms with Gasteiger partial charge in [0.1, 0.15) is 5.82 Å². The van der Waals surface area contributed by atoms with Crippen molar-refractivity contribution in [1.29, 1.82) is 0 Å². The highest BCUT2D eigenvalue weighted by Crippen LogP contribution is 2.18. The van der Waals surface area contributed by atoms with E-state index in [4.69, 9.17) is 0 Å². The first-order valence-electron chi connectivity index (χ1n) is 8.10. The van der Waals surface area contributed by atoms with Crippen LogP contribution in [0.15, 0.2) is 29.8 Å². The summed E-state index contributed by atoms with van der Waals surface area (Å²) in [6.45, 7) is 5.77. The summed E-state index contributed by atoms with van der Waals surface area (Å²) in [5.74, 6) is 1.25. The van der Waals surface area contributed by atoms with Gasteiger partial charge in [-0.1, -0.05) is 0 Å². The lowest BCUT2D eigenvalue weighted by Gasteiger charge is -2.10. The highest BCUT2D eigenvalue weighted by Gasteiger charge is 2.07. The number of fused-ring (bicyclic) bond motifs is 1. The third-order valence-corrected chi connectivity index (χ3v) is 4.29. The van der Waals surface area contributed by atoms with E-state index in [2.05, 4.69) is 30.9 Å². The molecular formula is C17H20N6OS. The van der Waals surface area contributed by atoms with Gasteiger partial charge < -0.3 is 16.0 Å². The van der Waals surface area contributed by atoms with E-state index in [1.807, 2.05) is 32.0 Å². The fraction of sp³-hybridized carbons (Fsp3) is 0.294. The van der Waals surface area contributed by atoms with Gasteiger partial charge in [-0.25, -0.2) is 9.97 Å². The number of hydrogen-bond donors (Lipinski definition) is 3. The van der Waals surface area contributed by atoms with Crippen LogP contribution in [0.25, 0.3) is 10.2 Å². The summed E-state index contributed by atoms with van der Waals surface area (Å²) in [6, 6.07) is 7.40. The van der Waals surface area contributed by atoms with Crippen molar-refractivity contribution in [3.05, 3.63) is 41.0 Å². The lowest BCUT2D eigenvalue weighted by atomic mass is 10.2. The molecule has 0 bridgehead atoms. The molecule has 2 aromatic heterocycles. The van der Waals surface area contributed by atoms with E-state index < -0.39 is 0 Å². The molecule has 7 nitrogen and oxygen atoms in total. The standard InChI is InChI=1S/C17H20N6OS/c1-3-18-17-22-11(2)8-15(23-17)19-6-7-20-16(24)12-4-5-13-14(9-12)25-10-21-13/h4-5,8-10H,3,6-7H2,1-2H3,(H,20,24)(H2,18,19,22,23). The molecule has 0 unspecified atom stereocenters. The zero-order chi connectivity index (χ0) is 17.6. The maximum absolute atomic E-state index is 12.2. The molecule has 130 valence electrons. The minimum Gasteiger partial charge on any atom is -0.368 e. The Morgan fingerprint density at radius 3 is 2.88 bits per heavy atom. The number of hydrogen-bond acceptors (Lipinski definition) is 7. The fourth-order valence-corrected chi connectivity index (χ4v) is 3.08. The van der Waals surface area contributed by atoms with Gasteiger partial charge in [-0.15, -0.1) is 11.3 Å². The van der Waals surface area contributed by atoms with Gasteiger partial charge in [-0.3, -0.25) is 4.79 Å². The number of anilines is 2. The third-order valence-electron chi connectivity index (χ3n) is 3.50. The first-order chi connectivity index (χ1) is 12.2. The highest BCUT2D eigenvalue weighted by molar-refractivity contribution is 7.16. The van der Waals surface area contributed by atoms with Crippen LogP contribution < -0.4 is 16.0 Å². The number of carbonyl (C=O) groups excluding carboxylic acids is 1. The molecule has 0 aliphatic heterocycles. The van der Waals surface area contributed by atoms with Crippen LogP contribution in [0, 0.1) is 6.92 Å². The molecule has 0 fully saturated rings. The van der Waals surface area contributed by atoms with Crippen LogP contribution in [0.5, 0.6) is 0 Å². The van der Waals surface area contributed by atoms with E-state index in [0.29, 0.717) is 24.6 Å². The number of benzene rings is 1. The molecule has 0 atom stereocenters. The van der Waals surface area contributed by atoms with E-state index in [1.54, 1.807) is 11.6 Å². The van der Waals surface area contributed by atoms with E-state index in [0.717, 1.165) is 28.3 Å². The second kappa shape index (κ2) is 7.89. The Kier molecular flexibility index (Phi) is 5.39. The molecule has 2 heterocycles. The molecule has 1 amide bonds. The monoisotopic (exact) mass is 356 g/mol. The van der Waals surface area contributed by atoms with Crippen molar-refractivity contribution >= 4 is 39.2 Å². The van der Waals surface area contributed by atoms with Gasteiger partial charge in [0.15, 0.2) is 0 Å². The van der Waals surface area contributed by atoms with Crippen LogP contribution in [0.3, 0.4) is 0 Å². The van der Waals surface area contributed by atoms with Gasteiger partial charge in [0.25, 0.3) is 5.91 Å². The fourth-order valence-electron chi connectivity index (χ4n) is 2.36. The topological polar surface area (TPSA) is 91.8 Å². The number of nitrogens with one attached hydrogen (secondary N) is 3. The molecule has 0 saturated carbocycles. The Hall–Kier alpha value is -2.74. The second-order valence-corrected chi connectivity index (χ2v) is 6.35. The molecule has 0 aliphatic carbocycles. The summed E-state index contributed by atoms with van der Waals surface area (Å²) in [5, 5.41) is 9.20. The first kappa shape index (κ1) is 17.1. The second-order valence-electron chi connectivity index (χ2n) is 5.47. The van der Waals surface area contributed by atoms with E-state index in [9.17, 15) is 4.79 Å². The van der Waals surface area contributed by atoms with Crippen molar-refractivity contribution in [2.24, 2.45) is 0 Å². The molecule has 1 aromatic carbocycles. The summed E-state index contributed by atoms with van der Waals surface area (Å²) in [4.78, 5) is 25.1. The van der Waals surface area contributed by atoms with Gasteiger partial charge >= 0.3 is 0 Å². The predicted octanol–water partition coefficient (Wildman–Crippen LogP) is 2.67. The lowest BCUT2D eigenvalue weighted by Crippen LogP contribution is -2.28. The van der Waals surface area contributed by atoms with Gasteiger partial charge in [-0.05, 0) is 32.0 Å². The lowest BCUT2D eigenvalue weighted by molar-refractivity contribution is 0.0955. The molecular weight excluding hydrogens is 336 g/mol. The van der Waals surface area contributed by atoms with Crippen LogP contribution in [0.1, 0.15) is 23.0 Å². The Labute approximate surface area is 149 Å². The van der Waals surface area contributed by atoms with Crippen molar-refractivity contribution in [3.63, 3.8) is 0 Å². The minimum absolute atomic E-state index is 0.0932. The summed E-state index contributed by atoms with van der Waals surface area (Å²) >= 11 is 1.53. The highest BCUT2D eigenvalue weighted by atomic mass is 32.1. The van der Waals surface area contributed by atoms with Crippen LogP contribution in [-0.4, -0.2) is 40.5 Å². The van der Waals surface area contributed by atoms with Gasteiger partial charge in [-0.2, -0.15) is 4.98 Å². The number of nitrogens with zero attached hydrogens (tertiary/aromatic N) is 3. The Morgan fingerprint density at radius 1 is 1.16 bits per heavy atom. The van der Waals surface area contributed by atoms with Gasteiger partial charge in [0.05, 0.1) is 15.7 Å². The molecule has 3 N–H and O–H groups in total. The maximum atomic E-state index is 12.2. The number of aromatic nitrogens is 3. The van der Waals surface area contributed by atoms with Crippen LogP contribution in [0.2, 0.25) is 0 Å². The van der Waals surface area contributed by atoms with Gasteiger partial charge in [0, 0.05) is 37.0 Å². The summed E-state index contributed by atoms with van der Waals surface area (Å²) < 4.78 is 1.01. The number of rotatable bonds is 7.